The number of carbonyl (C=O) groups excluding carboxylic acids is 2. The Balaban J connectivity index is 1.38. The van der Waals surface area contributed by atoms with E-state index in [1.54, 1.807) is 16.7 Å². The Morgan fingerprint density at radius 1 is 1.06 bits per heavy atom. The van der Waals surface area contributed by atoms with E-state index >= 15 is 0 Å². The van der Waals surface area contributed by atoms with Crippen LogP contribution in [0.5, 0.6) is 11.5 Å². The number of hydrogen-bond acceptors (Lipinski definition) is 5. The number of nitrogens with one attached hydrogen (secondary N) is 1. The first-order chi connectivity index (χ1) is 15.6. The highest BCUT2D eigenvalue weighted by atomic mass is 32.2. The number of thioether (sulfide) groups is 1. The maximum atomic E-state index is 12.7. The summed E-state index contributed by atoms with van der Waals surface area (Å²) < 4.78 is 10.9. The zero-order chi connectivity index (χ0) is 22.1. The lowest BCUT2D eigenvalue weighted by Gasteiger charge is -2.25. The second-order valence-electron chi connectivity index (χ2n) is 7.59. The highest BCUT2D eigenvalue weighted by Gasteiger charge is 2.35. The van der Waals surface area contributed by atoms with Gasteiger partial charge in [-0.25, -0.2) is 0 Å². The Morgan fingerprint density at radius 3 is 2.69 bits per heavy atom. The summed E-state index contributed by atoms with van der Waals surface area (Å²) in [7, 11) is 0. The van der Waals surface area contributed by atoms with Crippen LogP contribution in [0.15, 0.2) is 66.7 Å². The van der Waals surface area contributed by atoms with E-state index in [1.807, 2.05) is 66.7 Å². The van der Waals surface area contributed by atoms with Gasteiger partial charge in [0.25, 0.3) is 5.91 Å². The Morgan fingerprint density at radius 2 is 1.88 bits per heavy atom. The molecule has 2 amide bonds. The van der Waals surface area contributed by atoms with Gasteiger partial charge in [0.1, 0.15) is 5.37 Å². The Hall–Kier alpha value is -3.45. The molecule has 0 saturated carbocycles. The number of benzene rings is 3. The Labute approximate surface area is 190 Å². The van der Waals surface area contributed by atoms with Gasteiger partial charge in [0.2, 0.25) is 12.7 Å². The molecule has 1 unspecified atom stereocenters. The number of carbonyl (C=O) groups is 2. The van der Waals surface area contributed by atoms with Crippen molar-refractivity contribution < 1.29 is 19.1 Å². The number of rotatable bonds is 5. The first-order valence-corrected chi connectivity index (χ1v) is 11.5. The molecule has 5 rings (SSSR count). The van der Waals surface area contributed by atoms with Gasteiger partial charge in [-0.05, 0) is 53.9 Å². The first kappa shape index (κ1) is 20.5. The van der Waals surface area contributed by atoms with Gasteiger partial charge in [0.15, 0.2) is 11.5 Å². The van der Waals surface area contributed by atoms with Crippen molar-refractivity contribution in [3.8, 4) is 11.5 Å². The molecule has 6 nitrogen and oxygen atoms in total. The molecule has 3 aromatic rings. The summed E-state index contributed by atoms with van der Waals surface area (Å²) in [5, 5.41) is 2.78. The monoisotopic (exact) mass is 446 g/mol. The maximum absolute atomic E-state index is 12.7. The van der Waals surface area contributed by atoms with E-state index in [1.165, 1.54) is 5.56 Å². The molecule has 1 fully saturated rings. The maximum Gasteiger partial charge on any atom is 0.255 e. The second kappa shape index (κ2) is 8.59. The number of nitrogens with zero attached hydrogens (tertiary/aromatic N) is 1. The van der Waals surface area contributed by atoms with Crippen molar-refractivity contribution >= 4 is 35.0 Å². The van der Waals surface area contributed by atoms with Gasteiger partial charge in [-0.15, -0.1) is 11.8 Å². The lowest BCUT2D eigenvalue weighted by atomic mass is 10.1. The topological polar surface area (TPSA) is 67.9 Å². The molecule has 1 saturated heterocycles. The van der Waals surface area contributed by atoms with Crippen LogP contribution < -0.4 is 19.7 Å². The molecular formula is C25H22N2O4S. The van der Waals surface area contributed by atoms with Crippen molar-refractivity contribution in [2.75, 3.05) is 22.8 Å². The third-order valence-corrected chi connectivity index (χ3v) is 6.77. The van der Waals surface area contributed by atoms with Crippen LogP contribution in [0.3, 0.4) is 0 Å². The summed E-state index contributed by atoms with van der Waals surface area (Å²) in [4.78, 5) is 27.2. The number of amides is 2. The van der Waals surface area contributed by atoms with Crippen LogP contribution >= 0.6 is 11.8 Å². The number of fused-ring (bicyclic) bond motifs is 1. The van der Waals surface area contributed by atoms with Gasteiger partial charge in [-0.2, -0.15) is 0 Å². The summed E-state index contributed by atoms with van der Waals surface area (Å²) in [6, 6.07) is 20.8. The van der Waals surface area contributed by atoms with Crippen LogP contribution in [-0.2, 0) is 11.2 Å². The smallest absolute Gasteiger partial charge is 0.255 e. The summed E-state index contributed by atoms with van der Waals surface area (Å²) in [5.41, 5.74) is 4.20. The molecule has 0 spiro atoms. The van der Waals surface area contributed by atoms with Crippen molar-refractivity contribution in [3.63, 3.8) is 0 Å². The van der Waals surface area contributed by atoms with Crippen LogP contribution in [0, 0.1) is 0 Å². The normalized spacial score (nSPS) is 17.0. The summed E-state index contributed by atoms with van der Waals surface area (Å²) in [5.74, 6) is 1.58. The molecule has 1 N–H and O–H groups in total. The third kappa shape index (κ3) is 3.91. The SMILES string of the molecule is CCc1ccc(C(=O)Nc2cccc(C3SCC(=O)N3c3ccc4c(c3)OCO4)c2)cc1. The highest BCUT2D eigenvalue weighted by molar-refractivity contribution is 8.00. The van der Waals surface area contributed by atoms with E-state index in [4.69, 9.17) is 9.47 Å². The zero-order valence-electron chi connectivity index (χ0n) is 17.5. The van der Waals surface area contributed by atoms with Gasteiger partial charge >= 0.3 is 0 Å². The molecule has 0 aromatic heterocycles. The molecule has 162 valence electrons. The third-order valence-electron chi connectivity index (χ3n) is 5.56. The quantitative estimate of drug-likeness (QED) is 0.597. The van der Waals surface area contributed by atoms with E-state index in [-0.39, 0.29) is 24.0 Å². The van der Waals surface area contributed by atoms with Crippen LogP contribution in [-0.4, -0.2) is 24.4 Å². The van der Waals surface area contributed by atoms with Crippen molar-refractivity contribution in [3.05, 3.63) is 83.4 Å². The largest absolute Gasteiger partial charge is 0.454 e. The molecule has 32 heavy (non-hydrogen) atoms. The average molecular weight is 447 g/mol. The van der Waals surface area contributed by atoms with Crippen molar-refractivity contribution in [1.29, 1.82) is 0 Å². The number of aryl methyl sites for hydroxylation is 1. The van der Waals surface area contributed by atoms with Crippen molar-refractivity contribution in [2.24, 2.45) is 0 Å². The predicted molar refractivity (Wildman–Crippen MR) is 125 cm³/mol. The summed E-state index contributed by atoms with van der Waals surface area (Å²) in [6.07, 6.45) is 0.932. The van der Waals surface area contributed by atoms with Gasteiger partial charge in [0, 0.05) is 23.0 Å². The number of anilines is 2. The van der Waals surface area contributed by atoms with E-state index in [9.17, 15) is 9.59 Å². The molecule has 2 heterocycles. The molecule has 1 atom stereocenters. The summed E-state index contributed by atoms with van der Waals surface area (Å²) >= 11 is 1.56. The van der Waals surface area contributed by atoms with E-state index in [0.717, 1.165) is 17.7 Å². The molecule has 2 aliphatic rings. The average Bonchev–Trinajstić information content (AvgIpc) is 3.45. The molecule has 0 aliphatic carbocycles. The minimum absolute atomic E-state index is 0.0318. The molecule has 3 aromatic carbocycles. The second-order valence-corrected chi connectivity index (χ2v) is 8.66. The van der Waals surface area contributed by atoms with Crippen LogP contribution in [0.2, 0.25) is 0 Å². The fourth-order valence-electron chi connectivity index (χ4n) is 3.85. The molecule has 7 heteroatoms. The molecule has 0 radical (unpaired) electrons. The number of hydrogen-bond donors (Lipinski definition) is 1. The Kier molecular flexibility index (Phi) is 5.49. The predicted octanol–water partition coefficient (Wildman–Crippen LogP) is 5.01. The highest BCUT2D eigenvalue weighted by Crippen LogP contribution is 2.45. The van der Waals surface area contributed by atoms with Gasteiger partial charge in [-0.1, -0.05) is 31.2 Å². The lowest BCUT2D eigenvalue weighted by molar-refractivity contribution is -0.115. The first-order valence-electron chi connectivity index (χ1n) is 10.5. The molecular weight excluding hydrogens is 424 g/mol. The molecule has 2 aliphatic heterocycles. The van der Waals surface area contributed by atoms with Crippen LogP contribution in [0.4, 0.5) is 11.4 Å². The standard InChI is InChI=1S/C25H22N2O4S/c1-2-16-6-8-17(9-7-16)24(29)26-19-5-3-4-18(12-19)25-27(23(28)14-32-25)20-10-11-21-22(13-20)31-15-30-21/h3-13,25H,2,14-15H2,1H3,(H,26,29). The Bertz CT molecular complexity index is 1180. The minimum Gasteiger partial charge on any atom is -0.454 e. The van der Waals surface area contributed by atoms with Crippen molar-refractivity contribution in [1.82, 2.24) is 0 Å². The summed E-state index contributed by atoms with van der Waals surface area (Å²) in [6.45, 7) is 2.27. The van der Waals surface area contributed by atoms with Crippen LogP contribution in [0.25, 0.3) is 0 Å². The van der Waals surface area contributed by atoms with Gasteiger partial charge in [-0.3, -0.25) is 14.5 Å². The lowest BCUT2D eigenvalue weighted by Crippen LogP contribution is -2.27. The van der Waals surface area contributed by atoms with E-state index in [0.29, 0.717) is 28.5 Å². The fraction of sp³-hybridized carbons (Fsp3) is 0.200. The fourth-order valence-corrected chi connectivity index (χ4v) is 5.02. The zero-order valence-corrected chi connectivity index (χ0v) is 18.4. The van der Waals surface area contributed by atoms with E-state index in [2.05, 4.69) is 12.2 Å². The van der Waals surface area contributed by atoms with Gasteiger partial charge < -0.3 is 14.8 Å². The number of ether oxygens (including phenoxy) is 2. The minimum atomic E-state index is -0.191. The van der Waals surface area contributed by atoms with E-state index < -0.39 is 0 Å². The van der Waals surface area contributed by atoms with Crippen molar-refractivity contribution in [2.45, 2.75) is 18.7 Å². The molecule has 0 bridgehead atoms. The van der Waals surface area contributed by atoms with Gasteiger partial charge in [0.05, 0.1) is 5.75 Å². The van der Waals surface area contributed by atoms with Crippen LogP contribution in [0.1, 0.15) is 33.8 Å².